The molecule has 0 fully saturated rings. The Bertz CT molecular complexity index is 495. The van der Waals surface area contributed by atoms with E-state index in [0.29, 0.717) is 18.5 Å². The fraction of sp³-hybridized carbons (Fsp3) is 1.00. The van der Waals surface area contributed by atoms with Crippen LogP contribution in [-0.2, 0) is 10.1 Å². The van der Waals surface area contributed by atoms with Crippen molar-refractivity contribution in [1.29, 1.82) is 0 Å². The first-order chi connectivity index (χ1) is 16.3. The maximum atomic E-state index is 11.1. The zero-order valence-electron chi connectivity index (χ0n) is 23.5. The van der Waals surface area contributed by atoms with Crippen LogP contribution >= 0.6 is 0 Å². The van der Waals surface area contributed by atoms with Gasteiger partial charge in [-0.15, -0.1) is 0 Å². The van der Waals surface area contributed by atoms with Crippen LogP contribution in [0.1, 0.15) is 163 Å². The number of hydrogen-bond donors (Lipinski definition) is 0. The average Bonchev–Trinajstić information content (AvgIpc) is 2.78. The first kappa shape index (κ1) is 33.9. The molecule has 206 valence electrons. The molecule has 0 rings (SSSR count). The Morgan fingerprint density at radius 3 is 1.21 bits per heavy atom. The highest BCUT2D eigenvalue weighted by Gasteiger charge is 2.19. The first-order valence-corrected chi connectivity index (χ1v) is 16.6. The van der Waals surface area contributed by atoms with Crippen molar-refractivity contribution < 1.29 is 13.0 Å². The minimum absolute atomic E-state index is 0.237. The molecule has 34 heavy (non-hydrogen) atoms. The van der Waals surface area contributed by atoms with Gasteiger partial charge in [0.05, 0.1) is 10.1 Å². The van der Waals surface area contributed by atoms with E-state index in [-0.39, 0.29) is 5.75 Å². The lowest BCUT2D eigenvalue weighted by molar-refractivity contribution is 0.135. The lowest BCUT2D eigenvalue weighted by atomic mass is 10.0. The van der Waals surface area contributed by atoms with Crippen molar-refractivity contribution in [3.63, 3.8) is 0 Å². The average molecular weight is 503 g/mol. The molecule has 0 saturated heterocycles. The second-order valence-corrected chi connectivity index (χ2v) is 12.3. The molecule has 0 aliphatic heterocycles. The molecule has 0 heterocycles. The minimum atomic E-state index is -4.12. The molecule has 0 aromatic carbocycles. The van der Waals surface area contributed by atoms with Gasteiger partial charge in [-0.05, 0) is 39.7 Å². The molecule has 0 aromatic rings. The Kier molecular flexibility index (Phi) is 23.2. The summed E-state index contributed by atoms with van der Waals surface area (Å²) in [6.45, 7) is 9.84. The van der Waals surface area contributed by atoms with E-state index in [1.807, 2.05) is 0 Å². The second-order valence-electron chi connectivity index (χ2n) is 10.8. The van der Waals surface area contributed by atoms with Crippen molar-refractivity contribution >= 4 is 10.1 Å². The Labute approximate surface area is 214 Å². The van der Waals surface area contributed by atoms with Crippen molar-refractivity contribution in [2.75, 3.05) is 12.3 Å². The monoisotopic (exact) mass is 502 g/mol. The summed E-state index contributed by atoms with van der Waals surface area (Å²) in [5.74, 6) is -0.237. The van der Waals surface area contributed by atoms with E-state index in [4.69, 9.17) is 0 Å². The molecule has 0 saturated carbocycles. The Morgan fingerprint density at radius 2 is 0.882 bits per heavy atom. The molecule has 0 spiro atoms. The third-order valence-corrected chi connectivity index (χ3v) is 8.18. The summed E-state index contributed by atoms with van der Waals surface area (Å²) in [6, 6.07) is 0.903. The molecule has 0 aliphatic rings. The van der Waals surface area contributed by atoms with Crippen molar-refractivity contribution in [1.82, 2.24) is 4.90 Å². The summed E-state index contributed by atoms with van der Waals surface area (Å²) in [4.78, 5) is 2.49. The van der Waals surface area contributed by atoms with E-state index in [1.165, 1.54) is 128 Å². The highest BCUT2D eigenvalue weighted by Crippen LogP contribution is 2.19. The molecule has 0 bridgehead atoms. The molecular formula is C29H60NO3S-. The number of hydrogen-bond acceptors (Lipinski definition) is 4. The quantitative estimate of drug-likeness (QED) is 0.0875. The zero-order chi connectivity index (χ0) is 25.5. The van der Waals surface area contributed by atoms with Crippen LogP contribution in [0.15, 0.2) is 0 Å². The standard InChI is InChI=1S/C29H61NO3S/c1-5-7-9-11-13-15-17-19-21-24-28(3)30(26-23-27-34(31,32)33)29(4)25-22-20-18-16-14-12-10-8-6-2/h28-29H,5-27H2,1-4H3,(H,31,32,33)/p-1. The van der Waals surface area contributed by atoms with Crippen LogP contribution < -0.4 is 0 Å². The van der Waals surface area contributed by atoms with Gasteiger partial charge >= 0.3 is 0 Å². The number of rotatable bonds is 26. The number of unbranched alkanes of at least 4 members (excludes halogenated alkanes) is 16. The number of nitrogens with zero attached hydrogens (tertiary/aromatic N) is 1. The maximum Gasteiger partial charge on any atom is 0.0946 e. The van der Waals surface area contributed by atoms with Gasteiger partial charge in [-0.2, -0.15) is 0 Å². The van der Waals surface area contributed by atoms with E-state index in [9.17, 15) is 13.0 Å². The fourth-order valence-electron chi connectivity index (χ4n) is 5.13. The van der Waals surface area contributed by atoms with Gasteiger partial charge in [0.1, 0.15) is 0 Å². The summed E-state index contributed by atoms with van der Waals surface area (Å²) in [5.41, 5.74) is 0. The second kappa shape index (κ2) is 23.3. The van der Waals surface area contributed by atoms with Crippen LogP contribution in [-0.4, -0.2) is 42.3 Å². The van der Waals surface area contributed by atoms with Crippen LogP contribution in [0.25, 0.3) is 0 Å². The lowest BCUT2D eigenvalue weighted by Gasteiger charge is -2.35. The SMILES string of the molecule is CCCCCCCCCCCC(C)N(CCCS(=O)(=O)[O-])C(C)CCCCCCCCCCC. The first-order valence-electron chi connectivity index (χ1n) is 15.0. The molecular weight excluding hydrogens is 442 g/mol. The van der Waals surface area contributed by atoms with E-state index in [2.05, 4.69) is 32.6 Å². The molecule has 0 amide bonds. The predicted molar refractivity (Wildman–Crippen MR) is 148 cm³/mol. The molecule has 0 aliphatic carbocycles. The highest BCUT2D eigenvalue weighted by atomic mass is 32.2. The lowest BCUT2D eigenvalue weighted by Crippen LogP contribution is -2.41. The van der Waals surface area contributed by atoms with Gasteiger partial charge in [-0.1, -0.05) is 129 Å². The molecule has 0 radical (unpaired) electrons. The van der Waals surface area contributed by atoms with Crippen molar-refractivity contribution in [3.05, 3.63) is 0 Å². The van der Waals surface area contributed by atoms with E-state index in [1.54, 1.807) is 0 Å². The van der Waals surface area contributed by atoms with E-state index < -0.39 is 10.1 Å². The van der Waals surface area contributed by atoms with Crippen molar-refractivity contribution in [3.8, 4) is 0 Å². The van der Waals surface area contributed by atoms with Crippen LogP contribution in [0.5, 0.6) is 0 Å². The third-order valence-electron chi connectivity index (χ3n) is 7.39. The summed E-state index contributed by atoms with van der Waals surface area (Å²) in [6.07, 6.45) is 26.9. The molecule has 0 N–H and O–H groups in total. The van der Waals surface area contributed by atoms with Gasteiger partial charge < -0.3 is 4.55 Å². The molecule has 5 heteroatoms. The van der Waals surface area contributed by atoms with Gasteiger partial charge in [0.25, 0.3) is 0 Å². The zero-order valence-corrected chi connectivity index (χ0v) is 24.3. The summed E-state index contributed by atoms with van der Waals surface area (Å²) in [5, 5.41) is 0. The van der Waals surface area contributed by atoms with Gasteiger partial charge in [0.15, 0.2) is 0 Å². The van der Waals surface area contributed by atoms with Crippen LogP contribution in [0.2, 0.25) is 0 Å². The van der Waals surface area contributed by atoms with E-state index >= 15 is 0 Å². The van der Waals surface area contributed by atoms with Crippen LogP contribution in [0.4, 0.5) is 0 Å². The van der Waals surface area contributed by atoms with Gasteiger partial charge in [-0.25, -0.2) is 8.42 Å². The molecule has 4 nitrogen and oxygen atoms in total. The summed E-state index contributed by atoms with van der Waals surface area (Å²) >= 11 is 0. The van der Waals surface area contributed by atoms with Crippen molar-refractivity contribution in [2.45, 2.75) is 175 Å². The van der Waals surface area contributed by atoms with Gasteiger partial charge in [0.2, 0.25) is 0 Å². The molecule has 0 aromatic heterocycles. The minimum Gasteiger partial charge on any atom is -0.748 e. The van der Waals surface area contributed by atoms with E-state index in [0.717, 1.165) is 6.54 Å². The smallest absolute Gasteiger partial charge is 0.0946 e. The third kappa shape index (κ3) is 22.3. The maximum absolute atomic E-state index is 11.1. The highest BCUT2D eigenvalue weighted by molar-refractivity contribution is 7.85. The van der Waals surface area contributed by atoms with Gasteiger partial charge in [0, 0.05) is 17.8 Å². The fourth-order valence-corrected chi connectivity index (χ4v) is 5.61. The van der Waals surface area contributed by atoms with Gasteiger partial charge in [-0.3, -0.25) is 4.90 Å². The Hall–Kier alpha value is -0.130. The predicted octanol–water partition coefficient (Wildman–Crippen LogP) is 8.84. The summed E-state index contributed by atoms with van der Waals surface area (Å²) in [7, 11) is -4.12. The van der Waals surface area contributed by atoms with Crippen LogP contribution in [0, 0.1) is 0 Å². The van der Waals surface area contributed by atoms with Crippen LogP contribution in [0.3, 0.4) is 0 Å². The molecule has 2 atom stereocenters. The Balaban J connectivity index is 4.23. The van der Waals surface area contributed by atoms with Crippen molar-refractivity contribution in [2.24, 2.45) is 0 Å². The Morgan fingerprint density at radius 1 is 0.559 bits per heavy atom. The largest absolute Gasteiger partial charge is 0.748 e. The summed E-state index contributed by atoms with van der Waals surface area (Å²) < 4.78 is 33.3. The normalized spacial score (nSPS) is 14.1. The topological polar surface area (TPSA) is 60.4 Å². The molecule has 2 unspecified atom stereocenters.